The van der Waals surface area contributed by atoms with Gasteiger partial charge in [-0.15, -0.1) is 0 Å². The van der Waals surface area contributed by atoms with E-state index in [0.717, 1.165) is 0 Å². The molecule has 0 saturated carbocycles. The Morgan fingerprint density at radius 3 is 2.42 bits per heavy atom. The topological polar surface area (TPSA) is 52.3 Å². The van der Waals surface area contributed by atoms with E-state index in [2.05, 4.69) is 0 Å². The van der Waals surface area contributed by atoms with Crippen LogP contribution in [-0.4, -0.2) is 18.6 Å². The normalized spacial score (nSPS) is 14.1. The van der Waals surface area contributed by atoms with Crippen LogP contribution in [0.5, 0.6) is 0 Å². The van der Waals surface area contributed by atoms with Gasteiger partial charge in [0.1, 0.15) is 0 Å². The lowest BCUT2D eigenvalue weighted by Gasteiger charge is -2.27. The minimum Gasteiger partial charge on any atom is -0.466 e. The van der Waals surface area contributed by atoms with Gasteiger partial charge in [0.05, 0.1) is 13.0 Å². The van der Waals surface area contributed by atoms with Gasteiger partial charge in [-0.1, -0.05) is 13.8 Å². The predicted octanol–water partition coefficient (Wildman–Crippen LogP) is 1.31. The third-order valence-corrected chi connectivity index (χ3v) is 2.14. The van der Waals surface area contributed by atoms with Crippen LogP contribution in [0.3, 0.4) is 0 Å². The number of nitrogens with two attached hydrogens (primary N) is 1. The molecule has 0 fully saturated rings. The maximum absolute atomic E-state index is 11.1. The van der Waals surface area contributed by atoms with Gasteiger partial charge in [0.15, 0.2) is 0 Å². The molecule has 1 atom stereocenters. The molecule has 0 heterocycles. The molecule has 3 nitrogen and oxygen atoms in total. The molecule has 72 valence electrons. The largest absolute Gasteiger partial charge is 0.466 e. The van der Waals surface area contributed by atoms with E-state index in [1.807, 2.05) is 20.8 Å². The van der Waals surface area contributed by atoms with Crippen molar-refractivity contribution in [3.63, 3.8) is 0 Å². The van der Waals surface area contributed by atoms with E-state index >= 15 is 0 Å². The first-order valence-electron chi connectivity index (χ1n) is 4.31. The molecule has 0 amide bonds. The summed E-state index contributed by atoms with van der Waals surface area (Å²) in [6.07, 6.45) is 0.387. The van der Waals surface area contributed by atoms with E-state index in [-0.39, 0.29) is 17.4 Å². The van der Waals surface area contributed by atoms with Crippen molar-refractivity contribution in [1.29, 1.82) is 0 Å². The summed E-state index contributed by atoms with van der Waals surface area (Å²) < 4.78 is 4.83. The first-order valence-corrected chi connectivity index (χ1v) is 4.31. The van der Waals surface area contributed by atoms with E-state index in [9.17, 15) is 4.79 Å². The summed E-state index contributed by atoms with van der Waals surface area (Å²) in [6, 6.07) is 0.00176. The van der Waals surface area contributed by atoms with Crippen LogP contribution in [0.4, 0.5) is 0 Å². The van der Waals surface area contributed by atoms with Gasteiger partial charge in [-0.2, -0.15) is 0 Å². The highest BCUT2D eigenvalue weighted by atomic mass is 16.5. The Bertz CT molecular complexity index is 153. The molecular formula is C9H19NO2. The molecule has 1 unspecified atom stereocenters. The second kappa shape index (κ2) is 4.45. The first-order chi connectivity index (χ1) is 5.40. The highest BCUT2D eigenvalue weighted by Gasteiger charge is 2.26. The summed E-state index contributed by atoms with van der Waals surface area (Å²) in [4.78, 5) is 11.1. The number of rotatable bonds is 4. The first kappa shape index (κ1) is 11.4. The second-order valence-electron chi connectivity index (χ2n) is 3.76. The Morgan fingerprint density at radius 1 is 1.58 bits per heavy atom. The SMILES string of the molecule is CCOC(=O)CC(C)(C)C(C)N. The molecule has 0 aliphatic heterocycles. The number of hydrogen-bond donors (Lipinski definition) is 1. The second-order valence-corrected chi connectivity index (χ2v) is 3.76. The van der Waals surface area contributed by atoms with Gasteiger partial charge in [0, 0.05) is 6.04 Å². The number of ether oxygens (including phenoxy) is 1. The van der Waals surface area contributed by atoms with E-state index in [1.165, 1.54) is 0 Å². The van der Waals surface area contributed by atoms with Crippen LogP contribution < -0.4 is 5.73 Å². The Labute approximate surface area is 74.3 Å². The monoisotopic (exact) mass is 173 g/mol. The van der Waals surface area contributed by atoms with Crippen LogP contribution in [0, 0.1) is 5.41 Å². The molecule has 0 rings (SSSR count). The van der Waals surface area contributed by atoms with Crippen molar-refractivity contribution in [2.45, 2.75) is 40.2 Å². The summed E-state index contributed by atoms with van der Waals surface area (Å²) in [5, 5.41) is 0. The number of carbonyl (C=O) groups is 1. The minimum absolute atomic E-state index is 0.00176. The summed E-state index contributed by atoms with van der Waals surface area (Å²) in [6.45, 7) is 8.08. The Kier molecular flexibility index (Phi) is 4.24. The zero-order chi connectivity index (χ0) is 9.78. The summed E-state index contributed by atoms with van der Waals surface area (Å²) in [7, 11) is 0. The predicted molar refractivity (Wildman–Crippen MR) is 48.7 cm³/mol. The van der Waals surface area contributed by atoms with Crippen molar-refractivity contribution in [2.75, 3.05) is 6.61 Å². The highest BCUT2D eigenvalue weighted by molar-refractivity contribution is 5.70. The van der Waals surface area contributed by atoms with Crippen LogP contribution in [0.25, 0.3) is 0 Å². The third-order valence-electron chi connectivity index (χ3n) is 2.14. The van der Waals surface area contributed by atoms with E-state index in [4.69, 9.17) is 10.5 Å². The average molecular weight is 173 g/mol. The van der Waals surface area contributed by atoms with Crippen molar-refractivity contribution >= 4 is 5.97 Å². The van der Waals surface area contributed by atoms with Gasteiger partial charge in [-0.3, -0.25) is 4.79 Å². The number of esters is 1. The van der Waals surface area contributed by atoms with Crippen LogP contribution in [-0.2, 0) is 9.53 Å². The minimum atomic E-state index is -0.174. The van der Waals surface area contributed by atoms with Crippen molar-refractivity contribution < 1.29 is 9.53 Å². The molecule has 0 aromatic heterocycles. The van der Waals surface area contributed by atoms with Crippen molar-refractivity contribution in [3.05, 3.63) is 0 Å². The van der Waals surface area contributed by atoms with Crippen LogP contribution >= 0.6 is 0 Å². The van der Waals surface area contributed by atoms with Gasteiger partial charge < -0.3 is 10.5 Å². The summed E-state index contributed by atoms with van der Waals surface area (Å²) in [5.74, 6) is -0.167. The van der Waals surface area contributed by atoms with Gasteiger partial charge in [-0.25, -0.2) is 0 Å². The van der Waals surface area contributed by atoms with Crippen LogP contribution in [0.1, 0.15) is 34.1 Å². The van der Waals surface area contributed by atoms with Gasteiger partial charge >= 0.3 is 5.97 Å². The van der Waals surface area contributed by atoms with Crippen molar-refractivity contribution in [1.82, 2.24) is 0 Å². The molecule has 0 aliphatic rings. The Balaban J connectivity index is 3.97. The molecule has 0 aromatic carbocycles. The van der Waals surface area contributed by atoms with Gasteiger partial charge in [0.25, 0.3) is 0 Å². The fraction of sp³-hybridized carbons (Fsp3) is 0.889. The van der Waals surface area contributed by atoms with Gasteiger partial charge in [0.2, 0.25) is 0 Å². The van der Waals surface area contributed by atoms with E-state index < -0.39 is 0 Å². The quantitative estimate of drug-likeness (QED) is 0.652. The molecule has 0 saturated heterocycles. The molecule has 3 heteroatoms. The van der Waals surface area contributed by atoms with Crippen LogP contribution in [0.15, 0.2) is 0 Å². The number of carbonyl (C=O) groups excluding carboxylic acids is 1. The highest BCUT2D eigenvalue weighted by Crippen LogP contribution is 2.23. The molecule has 0 aromatic rings. The lowest BCUT2D eigenvalue weighted by molar-refractivity contribution is -0.145. The molecule has 2 N–H and O–H groups in total. The zero-order valence-electron chi connectivity index (χ0n) is 8.39. The molecule has 12 heavy (non-hydrogen) atoms. The fourth-order valence-electron chi connectivity index (χ4n) is 0.745. The summed E-state index contributed by atoms with van der Waals surface area (Å²) in [5.41, 5.74) is 5.53. The molecule has 0 radical (unpaired) electrons. The van der Waals surface area contributed by atoms with E-state index in [1.54, 1.807) is 6.92 Å². The fourth-order valence-corrected chi connectivity index (χ4v) is 0.745. The molecule has 0 bridgehead atoms. The maximum Gasteiger partial charge on any atom is 0.306 e. The third kappa shape index (κ3) is 3.72. The van der Waals surface area contributed by atoms with E-state index in [0.29, 0.717) is 13.0 Å². The molecule has 0 aliphatic carbocycles. The zero-order valence-corrected chi connectivity index (χ0v) is 8.39. The standard InChI is InChI=1S/C9H19NO2/c1-5-12-8(11)6-9(3,4)7(2)10/h7H,5-6,10H2,1-4H3. The lowest BCUT2D eigenvalue weighted by Crippen LogP contribution is -2.36. The Morgan fingerprint density at radius 2 is 2.08 bits per heavy atom. The molecule has 0 spiro atoms. The van der Waals surface area contributed by atoms with Crippen molar-refractivity contribution in [3.8, 4) is 0 Å². The summed E-state index contributed by atoms with van der Waals surface area (Å²) >= 11 is 0. The van der Waals surface area contributed by atoms with Gasteiger partial charge in [-0.05, 0) is 19.3 Å². The smallest absolute Gasteiger partial charge is 0.306 e. The van der Waals surface area contributed by atoms with Crippen molar-refractivity contribution in [2.24, 2.45) is 11.1 Å². The lowest BCUT2D eigenvalue weighted by atomic mass is 9.83. The maximum atomic E-state index is 11.1. The Hall–Kier alpha value is -0.570. The molecular weight excluding hydrogens is 154 g/mol. The van der Waals surface area contributed by atoms with Crippen LogP contribution in [0.2, 0.25) is 0 Å². The average Bonchev–Trinajstić information content (AvgIpc) is 1.85. The number of hydrogen-bond acceptors (Lipinski definition) is 3.